The highest BCUT2D eigenvalue weighted by atomic mass is 79.9. The first-order valence-electron chi connectivity index (χ1n) is 3.98. The summed E-state index contributed by atoms with van der Waals surface area (Å²) in [5.41, 5.74) is 1.66. The Hall–Kier alpha value is -1.23. The van der Waals surface area contributed by atoms with Crippen LogP contribution in [0.25, 0.3) is 0 Å². The predicted octanol–water partition coefficient (Wildman–Crippen LogP) is 2.46. The predicted molar refractivity (Wildman–Crippen MR) is 58.5 cm³/mol. The number of alkyl halides is 1. The number of rotatable bonds is 3. The van der Waals surface area contributed by atoms with Crippen LogP contribution in [0.4, 0.5) is 5.69 Å². The van der Waals surface area contributed by atoms with Crippen molar-refractivity contribution in [3.05, 3.63) is 34.7 Å². The van der Waals surface area contributed by atoms with Gasteiger partial charge in [0.05, 0.1) is 0 Å². The Morgan fingerprint density at radius 1 is 1.43 bits per heavy atom. The average Bonchev–Trinajstić information content (AvgIpc) is 2.27. The number of nitrogens with one attached hydrogen (secondary N) is 1. The number of amides is 1. The molecule has 1 amide bonds. The van der Waals surface area contributed by atoms with E-state index in [1.54, 1.807) is 19.2 Å². The summed E-state index contributed by atoms with van der Waals surface area (Å²) >= 11 is 3.09. The molecule has 4 nitrogen and oxygen atoms in total. The summed E-state index contributed by atoms with van der Waals surface area (Å²) < 4.78 is 0. The minimum Gasteiger partial charge on any atom is -0.388 e. The smallest absolute Gasteiger partial charge is 0.304 e. The molecule has 1 N–H and O–H groups in total. The van der Waals surface area contributed by atoms with Crippen molar-refractivity contribution in [3.8, 4) is 0 Å². The van der Waals surface area contributed by atoms with Crippen LogP contribution in [0.2, 0.25) is 0 Å². The van der Waals surface area contributed by atoms with Gasteiger partial charge >= 0.3 is 5.91 Å². The number of benzene rings is 1. The SMILES string of the molecule is CNc1ccc(C(Br)C(=O)N=O)cc1. The molecule has 0 aromatic heterocycles. The first-order chi connectivity index (χ1) is 6.69. The van der Waals surface area contributed by atoms with E-state index >= 15 is 0 Å². The fourth-order valence-corrected chi connectivity index (χ4v) is 1.40. The number of carbonyl (C=O) groups excluding carboxylic acids is 1. The number of nitrogens with zero attached hydrogens (tertiary/aromatic N) is 1. The van der Waals surface area contributed by atoms with Crippen molar-refractivity contribution >= 4 is 27.5 Å². The quantitative estimate of drug-likeness (QED) is 0.668. The lowest BCUT2D eigenvalue weighted by atomic mass is 10.1. The standard InChI is InChI=1S/C9H9BrN2O2/c1-11-7-4-2-6(3-5-7)8(10)9(13)12-14/h2-5,8,11H,1H3. The van der Waals surface area contributed by atoms with Crippen LogP contribution in [-0.2, 0) is 4.79 Å². The molecule has 0 aliphatic heterocycles. The van der Waals surface area contributed by atoms with Crippen LogP contribution < -0.4 is 5.32 Å². The molecule has 1 aromatic carbocycles. The second-order valence-corrected chi connectivity index (χ2v) is 3.58. The molecule has 1 aromatic rings. The molecular weight excluding hydrogens is 248 g/mol. The molecule has 1 rings (SSSR count). The van der Waals surface area contributed by atoms with Crippen molar-refractivity contribution in [1.82, 2.24) is 0 Å². The normalized spacial score (nSPS) is 11.9. The van der Waals surface area contributed by atoms with Gasteiger partial charge in [0.1, 0.15) is 4.83 Å². The first kappa shape index (κ1) is 10.8. The highest BCUT2D eigenvalue weighted by molar-refractivity contribution is 9.09. The Kier molecular flexibility index (Phi) is 3.76. The summed E-state index contributed by atoms with van der Waals surface area (Å²) in [6.07, 6.45) is 0. The largest absolute Gasteiger partial charge is 0.388 e. The van der Waals surface area contributed by atoms with E-state index in [4.69, 9.17) is 0 Å². The molecule has 0 saturated carbocycles. The second-order valence-electron chi connectivity index (χ2n) is 2.66. The van der Waals surface area contributed by atoms with Gasteiger partial charge in [-0.25, -0.2) is 0 Å². The third-order valence-corrected chi connectivity index (χ3v) is 2.72. The molecule has 74 valence electrons. The number of halogens is 1. The lowest BCUT2D eigenvalue weighted by Crippen LogP contribution is -2.02. The van der Waals surface area contributed by atoms with Gasteiger partial charge in [-0.3, -0.25) is 4.79 Å². The molecule has 1 atom stereocenters. The third-order valence-electron chi connectivity index (χ3n) is 1.80. The number of hydrogen-bond acceptors (Lipinski definition) is 3. The average molecular weight is 257 g/mol. The molecule has 0 bridgehead atoms. The van der Waals surface area contributed by atoms with Gasteiger partial charge in [-0.1, -0.05) is 28.1 Å². The van der Waals surface area contributed by atoms with Crippen LogP contribution in [0, 0.1) is 4.91 Å². The van der Waals surface area contributed by atoms with E-state index in [0.29, 0.717) is 5.56 Å². The molecule has 0 aliphatic rings. The molecule has 0 spiro atoms. The van der Waals surface area contributed by atoms with Crippen LogP contribution >= 0.6 is 15.9 Å². The van der Waals surface area contributed by atoms with Crippen molar-refractivity contribution in [3.63, 3.8) is 0 Å². The van der Waals surface area contributed by atoms with Crippen molar-refractivity contribution in [2.24, 2.45) is 5.18 Å². The molecule has 0 aliphatic carbocycles. The van der Waals surface area contributed by atoms with Gasteiger partial charge in [0.25, 0.3) is 0 Å². The van der Waals surface area contributed by atoms with E-state index in [2.05, 4.69) is 26.4 Å². The summed E-state index contributed by atoms with van der Waals surface area (Å²) in [5.74, 6) is -0.720. The Labute approximate surface area is 89.8 Å². The van der Waals surface area contributed by atoms with Crippen molar-refractivity contribution < 1.29 is 4.79 Å². The van der Waals surface area contributed by atoms with Crippen LogP contribution in [0.1, 0.15) is 10.4 Å². The van der Waals surface area contributed by atoms with Gasteiger partial charge in [-0.2, -0.15) is 0 Å². The van der Waals surface area contributed by atoms with E-state index in [1.165, 1.54) is 0 Å². The van der Waals surface area contributed by atoms with Gasteiger partial charge in [0.15, 0.2) is 0 Å². The second kappa shape index (κ2) is 4.85. The van der Waals surface area contributed by atoms with Gasteiger partial charge in [-0.15, -0.1) is 4.91 Å². The maximum absolute atomic E-state index is 10.9. The van der Waals surface area contributed by atoms with E-state index in [9.17, 15) is 9.70 Å². The summed E-state index contributed by atoms with van der Waals surface area (Å²) in [7, 11) is 1.80. The van der Waals surface area contributed by atoms with Crippen LogP contribution in [0.5, 0.6) is 0 Å². The maximum atomic E-state index is 10.9. The van der Waals surface area contributed by atoms with E-state index in [0.717, 1.165) is 5.69 Å². The van der Waals surface area contributed by atoms with Crippen LogP contribution in [0.3, 0.4) is 0 Å². The van der Waals surface area contributed by atoms with Crippen LogP contribution in [0.15, 0.2) is 29.4 Å². The third kappa shape index (κ3) is 2.38. The van der Waals surface area contributed by atoms with Gasteiger partial charge in [0.2, 0.25) is 0 Å². The zero-order valence-electron chi connectivity index (χ0n) is 7.53. The highest BCUT2D eigenvalue weighted by Crippen LogP contribution is 2.25. The summed E-state index contributed by atoms with van der Waals surface area (Å²) in [5, 5.41) is 5.31. The summed E-state index contributed by atoms with van der Waals surface area (Å²) in [6.45, 7) is 0. The molecular formula is C9H9BrN2O2. The number of carbonyl (C=O) groups is 1. The van der Waals surface area contributed by atoms with Crippen molar-refractivity contribution in [1.29, 1.82) is 0 Å². The van der Waals surface area contributed by atoms with E-state index in [-0.39, 0.29) is 0 Å². The van der Waals surface area contributed by atoms with Gasteiger partial charge < -0.3 is 5.32 Å². The highest BCUT2D eigenvalue weighted by Gasteiger charge is 2.17. The number of hydrogen-bond donors (Lipinski definition) is 1. The Morgan fingerprint density at radius 3 is 2.43 bits per heavy atom. The zero-order valence-corrected chi connectivity index (χ0v) is 9.11. The molecule has 5 heteroatoms. The Balaban J connectivity index is 2.86. The maximum Gasteiger partial charge on any atom is 0.304 e. The minimum absolute atomic E-state index is 0.647. The molecule has 1 unspecified atom stereocenters. The molecule has 0 heterocycles. The first-order valence-corrected chi connectivity index (χ1v) is 4.89. The van der Waals surface area contributed by atoms with Gasteiger partial charge in [0, 0.05) is 17.9 Å². The lowest BCUT2D eigenvalue weighted by Gasteiger charge is -2.05. The minimum atomic E-state index is -0.720. The monoisotopic (exact) mass is 256 g/mol. The molecule has 0 fully saturated rings. The zero-order chi connectivity index (χ0) is 10.6. The molecule has 0 saturated heterocycles. The Morgan fingerprint density at radius 2 is 2.00 bits per heavy atom. The van der Waals surface area contributed by atoms with Crippen molar-refractivity contribution in [2.45, 2.75) is 4.83 Å². The summed E-state index contributed by atoms with van der Waals surface area (Å²) in [4.78, 5) is 20.3. The van der Waals surface area contributed by atoms with E-state index in [1.807, 2.05) is 12.1 Å². The summed E-state index contributed by atoms with van der Waals surface area (Å²) in [6, 6.07) is 7.16. The topological polar surface area (TPSA) is 58.5 Å². The number of anilines is 1. The fraction of sp³-hybridized carbons (Fsp3) is 0.222. The van der Waals surface area contributed by atoms with Crippen molar-refractivity contribution in [2.75, 3.05) is 12.4 Å². The molecule has 0 radical (unpaired) electrons. The number of nitroso groups, excluding NO2 is 1. The van der Waals surface area contributed by atoms with Crippen LogP contribution in [-0.4, -0.2) is 13.0 Å². The molecule has 14 heavy (non-hydrogen) atoms. The fourth-order valence-electron chi connectivity index (χ4n) is 1.01. The van der Waals surface area contributed by atoms with Gasteiger partial charge in [-0.05, 0) is 17.7 Å². The lowest BCUT2D eigenvalue weighted by molar-refractivity contribution is -0.117. The Bertz CT molecular complexity index is 337. The van der Waals surface area contributed by atoms with E-state index < -0.39 is 10.7 Å².